The van der Waals surface area contributed by atoms with Crippen LogP contribution in [0.1, 0.15) is 31.4 Å². The van der Waals surface area contributed by atoms with E-state index in [1.165, 1.54) is 5.57 Å². The lowest BCUT2D eigenvalue weighted by molar-refractivity contribution is 0.278. The molecule has 2 aromatic heterocycles. The Labute approximate surface area is 166 Å². The summed E-state index contributed by atoms with van der Waals surface area (Å²) in [6, 6.07) is 12.8. The number of pyridine rings is 1. The average molecular weight is 374 g/mol. The second kappa shape index (κ2) is 7.65. The van der Waals surface area contributed by atoms with E-state index in [0.29, 0.717) is 5.56 Å². The third-order valence-corrected chi connectivity index (χ3v) is 5.46. The monoisotopic (exact) mass is 373 g/mol. The van der Waals surface area contributed by atoms with Crippen molar-refractivity contribution >= 4 is 22.5 Å². The fraction of sp³-hybridized carbons (Fsp3) is 0.391. The molecule has 0 N–H and O–H groups in total. The lowest BCUT2D eigenvalue weighted by atomic mass is 10.0. The van der Waals surface area contributed by atoms with Gasteiger partial charge in [0.1, 0.15) is 11.9 Å². The number of aromatic nitrogens is 2. The Hall–Kier alpha value is -2.84. The molecule has 3 heterocycles. The highest BCUT2D eigenvalue weighted by molar-refractivity contribution is 5.85. The maximum Gasteiger partial charge on any atom is 0.157 e. The first kappa shape index (κ1) is 18.5. The van der Waals surface area contributed by atoms with Crippen molar-refractivity contribution in [3.8, 4) is 6.07 Å². The molecule has 0 spiro atoms. The van der Waals surface area contributed by atoms with E-state index in [1.807, 2.05) is 18.2 Å². The van der Waals surface area contributed by atoms with Crippen molar-refractivity contribution in [2.24, 2.45) is 0 Å². The first-order chi connectivity index (χ1) is 13.6. The van der Waals surface area contributed by atoms with Crippen LogP contribution in [0.5, 0.6) is 0 Å². The van der Waals surface area contributed by atoms with Crippen LogP contribution in [-0.4, -0.2) is 47.0 Å². The zero-order valence-electron chi connectivity index (χ0n) is 16.8. The van der Waals surface area contributed by atoms with Crippen LogP contribution in [0.3, 0.4) is 0 Å². The number of nitrogens with zero attached hydrogens (tertiary/aromatic N) is 5. The van der Waals surface area contributed by atoms with Crippen LogP contribution in [0, 0.1) is 11.3 Å². The van der Waals surface area contributed by atoms with Crippen LogP contribution in [0.15, 0.2) is 42.5 Å². The molecule has 0 bridgehead atoms. The van der Waals surface area contributed by atoms with Crippen LogP contribution in [0.4, 0.5) is 5.82 Å². The second-order valence-electron chi connectivity index (χ2n) is 7.74. The number of nitriles is 1. The molecule has 5 heteroatoms. The largest absolute Gasteiger partial charge is 0.355 e. The zero-order valence-corrected chi connectivity index (χ0v) is 16.8. The lowest BCUT2D eigenvalue weighted by Crippen LogP contribution is -2.47. The summed E-state index contributed by atoms with van der Waals surface area (Å²) in [5.41, 5.74) is 5.81. The predicted octanol–water partition coefficient (Wildman–Crippen LogP) is 4.01. The molecule has 1 fully saturated rings. The van der Waals surface area contributed by atoms with Crippen LogP contribution >= 0.6 is 0 Å². The standard InChI is InChI=1S/C23H27N5/c1-4-7-18-14-22(27-12-10-26(11-13-27)16-17(2)3)28-21-9-6-5-8-20(21)25-23(28)19(18)15-24/h5-6,8-9,14H,2,4,7,10-13,16H2,1,3H3. The van der Waals surface area contributed by atoms with E-state index in [2.05, 4.69) is 52.8 Å². The molecule has 0 amide bonds. The number of hydrogen-bond acceptors (Lipinski definition) is 4. The maximum atomic E-state index is 9.86. The molecule has 0 atom stereocenters. The van der Waals surface area contributed by atoms with E-state index >= 15 is 0 Å². The number of anilines is 1. The third kappa shape index (κ3) is 3.25. The molecular weight excluding hydrogens is 346 g/mol. The van der Waals surface area contributed by atoms with Crippen LogP contribution in [-0.2, 0) is 6.42 Å². The molecule has 3 aromatic rings. The zero-order chi connectivity index (χ0) is 19.7. The number of rotatable bonds is 5. The second-order valence-corrected chi connectivity index (χ2v) is 7.74. The van der Waals surface area contributed by atoms with Gasteiger partial charge >= 0.3 is 0 Å². The Balaban J connectivity index is 1.83. The summed E-state index contributed by atoms with van der Waals surface area (Å²) < 4.78 is 2.18. The minimum Gasteiger partial charge on any atom is -0.355 e. The Morgan fingerprint density at radius 1 is 1.21 bits per heavy atom. The molecule has 0 aliphatic carbocycles. The highest BCUT2D eigenvalue weighted by Gasteiger charge is 2.23. The number of hydrogen-bond donors (Lipinski definition) is 0. The number of fused-ring (bicyclic) bond motifs is 3. The molecule has 28 heavy (non-hydrogen) atoms. The van der Waals surface area contributed by atoms with E-state index in [-0.39, 0.29) is 0 Å². The van der Waals surface area contributed by atoms with Crippen molar-refractivity contribution in [1.29, 1.82) is 5.26 Å². The number of aryl methyl sites for hydroxylation is 1. The topological polar surface area (TPSA) is 47.6 Å². The summed E-state index contributed by atoms with van der Waals surface area (Å²) in [5, 5.41) is 9.86. The molecule has 0 unspecified atom stereocenters. The highest BCUT2D eigenvalue weighted by atomic mass is 15.3. The van der Waals surface area contributed by atoms with Crippen molar-refractivity contribution in [3.05, 3.63) is 53.6 Å². The fourth-order valence-corrected chi connectivity index (χ4v) is 4.20. The predicted molar refractivity (Wildman–Crippen MR) is 115 cm³/mol. The number of piperazine rings is 1. The van der Waals surface area contributed by atoms with Gasteiger partial charge < -0.3 is 4.90 Å². The van der Waals surface area contributed by atoms with Gasteiger partial charge in [-0.1, -0.05) is 37.6 Å². The summed E-state index contributed by atoms with van der Waals surface area (Å²) in [4.78, 5) is 9.73. The van der Waals surface area contributed by atoms with E-state index in [1.54, 1.807) is 0 Å². The molecule has 1 aliphatic heterocycles. The minimum atomic E-state index is 0.711. The van der Waals surface area contributed by atoms with Crippen molar-refractivity contribution in [1.82, 2.24) is 14.3 Å². The summed E-state index contributed by atoms with van der Waals surface area (Å²) in [5.74, 6) is 1.15. The van der Waals surface area contributed by atoms with Crippen molar-refractivity contribution in [3.63, 3.8) is 0 Å². The number of benzene rings is 1. The van der Waals surface area contributed by atoms with Crippen LogP contribution < -0.4 is 4.90 Å². The van der Waals surface area contributed by atoms with Crippen molar-refractivity contribution in [2.45, 2.75) is 26.7 Å². The van der Waals surface area contributed by atoms with E-state index in [9.17, 15) is 5.26 Å². The van der Waals surface area contributed by atoms with E-state index in [0.717, 1.165) is 73.6 Å². The quantitative estimate of drug-likeness (QED) is 0.634. The van der Waals surface area contributed by atoms with Gasteiger partial charge in [0.15, 0.2) is 5.65 Å². The first-order valence-corrected chi connectivity index (χ1v) is 10.1. The van der Waals surface area contributed by atoms with Gasteiger partial charge in [0, 0.05) is 32.7 Å². The molecule has 5 nitrogen and oxygen atoms in total. The number of imidazole rings is 1. The molecule has 0 saturated carbocycles. The molecule has 1 aliphatic rings. The maximum absolute atomic E-state index is 9.86. The smallest absolute Gasteiger partial charge is 0.157 e. The van der Waals surface area contributed by atoms with E-state index < -0.39 is 0 Å². The first-order valence-electron chi connectivity index (χ1n) is 10.1. The van der Waals surface area contributed by atoms with Gasteiger partial charge in [0.25, 0.3) is 0 Å². The fourth-order valence-electron chi connectivity index (χ4n) is 4.20. The molecule has 1 aromatic carbocycles. The molecule has 144 valence electrons. The molecular formula is C23H27N5. The molecule has 1 saturated heterocycles. The van der Waals surface area contributed by atoms with Gasteiger partial charge in [-0.05, 0) is 37.1 Å². The van der Waals surface area contributed by atoms with Gasteiger partial charge in [-0.3, -0.25) is 9.30 Å². The van der Waals surface area contributed by atoms with Gasteiger partial charge in [-0.25, -0.2) is 4.98 Å². The Morgan fingerprint density at radius 2 is 1.96 bits per heavy atom. The van der Waals surface area contributed by atoms with Crippen molar-refractivity contribution in [2.75, 3.05) is 37.6 Å². The molecule has 4 rings (SSSR count). The van der Waals surface area contributed by atoms with Crippen molar-refractivity contribution < 1.29 is 0 Å². The Morgan fingerprint density at radius 3 is 2.64 bits per heavy atom. The lowest BCUT2D eigenvalue weighted by Gasteiger charge is -2.36. The van der Waals surface area contributed by atoms with Gasteiger partial charge in [0.2, 0.25) is 0 Å². The van der Waals surface area contributed by atoms with Crippen LogP contribution in [0.25, 0.3) is 16.7 Å². The Bertz CT molecular complexity index is 1060. The summed E-state index contributed by atoms with van der Waals surface area (Å²) >= 11 is 0. The summed E-state index contributed by atoms with van der Waals surface area (Å²) in [6.45, 7) is 13.2. The van der Waals surface area contributed by atoms with Gasteiger partial charge in [-0.2, -0.15) is 5.26 Å². The number of para-hydroxylation sites is 2. The van der Waals surface area contributed by atoms with Gasteiger partial charge in [0.05, 0.1) is 16.6 Å². The Kier molecular flexibility index (Phi) is 5.06. The normalized spacial score (nSPS) is 15.2. The van der Waals surface area contributed by atoms with Crippen LogP contribution in [0.2, 0.25) is 0 Å². The third-order valence-electron chi connectivity index (χ3n) is 5.46. The average Bonchev–Trinajstić information content (AvgIpc) is 3.07. The van der Waals surface area contributed by atoms with E-state index in [4.69, 9.17) is 4.98 Å². The summed E-state index contributed by atoms with van der Waals surface area (Å²) in [7, 11) is 0. The molecule has 0 radical (unpaired) electrons. The minimum absolute atomic E-state index is 0.711. The SMILES string of the molecule is C=C(C)CN1CCN(c2cc(CCC)c(C#N)c3nc4ccccc4n23)CC1. The summed E-state index contributed by atoms with van der Waals surface area (Å²) in [6.07, 6.45) is 1.90. The van der Waals surface area contributed by atoms with Gasteiger partial charge in [-0.15, -0.1) is 0 Å². The highest BCUT2D eigenvalue weighted by Crippen LogP contribution is 2.30.